The minimum absolute atomic E-state index is 0.278. The van der Waals surface area contributed by atoms with Gasteiger partial charge < -0.3 is 19.9 Å². The maximum Gasteiger partial charge on any atom is 0.247 e. The fourth-order valence-electron chi connectivity index (χ4n) is 3.18. The summed E-state index contributed by atoms with van der Waals surface area (Å²) in [6.45, 7) is 2.59. The molecule has 3 N–H and O–H groups in total. The summed E-state index contributed by atoms with van der Waals surface area (Å²) in [5.41, 5.74) is 3.40. The van der Waals surface area contributed by atoms with E-state index in [2.05, 4.69) is 25.6 Å². The molecule has 4 heterocycles. The van der Waals surface area contributed by atoms with Crippen LogP contribution in [0.1, 0.15) is 5.69 Å². The fraction of sp³-hybridized carbons (Fsp3) is 0.278. The van der Waals surface area contributed by atoms with Crippen LogP contribution < -0.4 is 10.1 Å². The number of rotatable bonds is 4. The summed E-state index contributed by atoms with van der Waals surface area (Å²) in [7, 11) is 0. The van der Waals surface area contributed by atoms with Crippen molar-refractivity contribution < 1.29 is 14.6 Å². The Balaban J connectivity index is 1.44. The highest BCUT2D eigenvalue weighted by Gasteiger charge is 2.28. The van der Waals surface area contributed by atoms with E-state index < -0.39 is 12.2 Å². The van der Waals surface area contributed by atoms with Crippen LogP contribution in [-0.2, 0) is 4.74 Å². The number of aliphatic hydroxyl groups is 1. The van der Waals surface area contributed by atoms with Crippen molar-refractivity contribution in [3.8, 4) is 5.88 Å². The fourth-order valence-corrected chi connectivity index (χ4v) is 3.18. The molecule has 0 aliphatic carbocycles. The molecule has 3 aromatic heterocycles. The van der Waals surface area contributed by atoms with E-state index in [9.17, 15) is 5.11 Å². The molecule has 1 aliphatic rings. The molecule has 0 saturated carbocycles. The summed E-state index contributed by atoms with van der Waals surface area (Å²) in [5, 5.41) is 25.9. The molecule has 0 bridgehead atoms. The monoisotopic (exact) mass is 366 g/mol. The molecule has 9 nitrogen and oxygen atoms in total. The molecule has 4 aromatic rings. The molecular formula is C18H18N6O3. The Morgan fingerprint density at radius 1 is 1.30 bits per heavy atom. The Labute approximate surface area is 153 Å². The molecule has 0 spiro atoms. The number of aryl methyl sites for hydroxylation is 1. The summed E-state index contributed by atoms with van der Waals surface area (Å²) in [5.74, 6) is 0.951. The number of aromatic amines is 1. The number of hydrogen-bond donors (Lipinski definition) is 3. The predicted octanol–water partition coefficient (Wildman–Crippen LogP) is 1.80. The van der Waals surface area contributed by atoms with Gasteiger partial charge in [0.05, 0.1) is 24.4 Å². The number of benzene rings is 1. The zero-order valence-electron chi connectivity index (χ0n) is 14.6. The SMILES string of the molecule is Cc1n[nH]c2cc(Nc3nc4cccc(O[C@@H]5COC[C@@H]5O)n4n3)ccc12. The van der Waals surface area contributed by atoms with Crippen molar-refractivity contribution in [2.75, 3.05) is 18.5 Å². The van der Waals surface area contributed by atoms with Crippen LogP contribution in [-0.4, -0.2) is 55.3 Å². The lowest BCUT2D eigenvalue weighted by molar-refractivity contribution is 0.0688. The second kappa shape index (κ2) is 6.22. The number of ether oxygens (including phenoxy) is 2. The van der Waals surface area contributed by atoms with Gasteiger partial charge in [0.1, 0.15) is 6.10 Å². The Morgan fingerprint density at radius 3 is 3.07 bits per heavy atom. The van der Waals surface area contributed by atoms with Crippen LogP contribution in [0.15, 0.2) is 36.4 Å². The van der Waals surface area contributed by atoms with Gasteiger partial charge in [-0.3, -0.25) is 5.10 Å². The van der Waals surface area contributed by atoms with E-state index in [0.717, 1.165) is 22.3 Å². The molecule has 2 atom stereocenters. The molecule has 9 heteroatoms. The highest BCUT2D eigenvalue weighted by Crippen LogP contribution is 2.23. The van der Waals surface area contributed by atoms with Gasteiger partial charge in [-0.15, -0.1) is 5.10 Å². The zero-order chi connectivity index (χ0) is 18.4. The summed E-state index contributed by atoms with van der Waals surface area (Å²) >= 11 is 0. The maximum absolute atomic E-state index is 9.89. The molecular weight excluding hydrogens is 348 g/mol. The number of fused-ring (bicyclic) bond motifs is 2. The first-order valence-corrected chi connectivity index (χ1v) is 8.67. The number of H-pyrrole nitrogens is 1. The molecule has 138 valence electrons. The molecule has 0 amide bonds. The van der Waals surface area contributed by atoms with Crippen molar-refractivity contribution in [1.82, 2.24) is 24.8 Å². The topological polar surface area (TPSA) is 110 Å². The molecule has 1 aliphatic heterocycles. The molecule has 0 unspecified atom stereocenters. The van der Waals surface area contributed by atoms with Gasteiger partial charge in [0.15, 0.2) is 11.8 Å². The van der Waals surface area contributed by atoms with Gasteiger partial charge >= 0.3 is 0 Å². The van der Waals surface area contributed by atoms with E-state index in [1.165, 1.54) is 0 Å². The van der Waals surface area contributed by atoms with Gasteiger partial charge in [-0.2, -0.15) is 14.6 Å². The highest BCUT2D eigenvalue weighted by molar-refractivity contribution is 5.84. The highest BCUT2D eigenvalue weighted by atomic mass is 16.6. The Bertz CT molecular complexity index is 1120. The lowest BCUT2D eigenvalue weighted by atomic mass is 10.2. The van der Waals surface area contributed by atoms with Crippen molar-refractivity contribution in [1.29, 1.82) is 0 Å². The third kappa shape index (κ3) is 2.86. The molecule has 1 aromatic carbocycles. The average molecular weight is 366 g/mol. The largest absolute Gasteiger partial charge is 0.469 e. The number of nitrogens with one attached hydrogen (secondary N) is 2. The second-order valence-electron chi connectivity index (χ2n) is 6.52. The first kappa shape index (κ1) is 16.0. The van der Waals surface area contributed by atoms with Gasteiger partial charge in [-0.05, 0) is 31.2 Å². The third-order valence-corrected chi connectivity index (χ3v) is 4.61. The average Bonchev–Trinajstić information content (AvgIpc) is 3.35. The van der Waals surface area contributed by atoms with Crippen LogP contribution >= 0.6 is 0 Å². The van der Waals surface area contributed by atoms with E-state index in [4.69, 9.17) is 9.47 Å². The molecule has 1 fully saturated rings. The summed E-state index contributed by atoms with van der Waals surface area (Å²) in [6.07, 6.45) is -1.06. The number of aromatic nitrogens is 5. The van der Waals surface area contributed by atoms with Crippen LogP contribution in [0.4, 0.5) is 11.6 Å². The number of anilines is 2. The number of hydrogen-bond acceptors (Lipinski definition) is 7. The van der Waals surface area contributed by atoms with Gasteiger partial charge in [0.25, 0.3) is 0 Å². The van der Waals surface area contributed by atoms with Crippen LogP contribution in [0.5, 0.6) is 5.88 Å². The van der Waals surface area contributed by atoms with Gasteiger partial charge in [0.2, 0.25) is 11.8 Å². The minimum Gasteiger partial charge on any atom is -0.469 e. The molecule has 5 rings (SSSR count). The summed E-state index contributed by atoms with van der Waals surface area (Å²) in [4.78, 5) is 4.49. The van der Waals surface area contributed by atoms with Crippen molar-refractivity contribution in [2.45, 2.75) is 19.1 Å². The standard InChI is InChI=1S/C18H18N6O3/c1-10-12-6-5-11(7-13(12)22-21-10)19-18-20-16-3-2-4-17(24(16)23-18)27-15-9-26-8-14(15)25/h2-7,14-15,25H,8-9H2,1H3,(H,19,23)(H,21,22)/t14-,15+/m0/s1. The summed E-state index contributed by atoms with van der Waals surface area (Å²) in [6, 6.07) is 11.4. The number of pyridine rings is 1. The van der Waals surface area contributed by atoms with Gasteiger partial charge in [-0.1, -0.05) is 6.07 Å². The minimum atomic E-state index is -0.647. The van der Waals surface area contributed by atoms with Crippen molar-refractivity contribution >= 4 is 28.2 Å². The number of aliphatic hydroxyl groups excluding tert-OH is 1. The second-order valence-corrected chi connectivity index (χ2v) is 6.52. The Morgan fingerprint density at radius 2 is 2.22 bits per heavy atom. The van der Waals surface area contributed by atoms with Crippen molar-refractivity contribution in [3.05, 3.63) is 42.1 Å². The van der Waals surface area contributed by atoms with E-state index >= 15 is 0 Å². The first-order chi connectivity index (χ1) is 13.2. The predicted molar refractivity (Wildman–Crippen MR) is 98.3 cm³/mol. The van der Waals surface area contributed by atoms with Crippen LogP contribution in [0.3, 0.4) is 0 Å². The third-order valence-electron chi connectivity index (χ3n) is 4.61. The quantitative estimate of drug-likeness (QED) is 0.505. The van der Waals surface area contributed by atoms with Crippen LogP contribution in [0, 0.1) is 6.92 Å². The molecule has 1 saturated heterocycles. The normalized spacial score (nSPS) is 19.8. The maximum atomic E-state index is 9.89. The van der Waals surface area contributed by atoms with Crippen LogP contribution in [0.2, 0.25) is 0 Å². The number of nitrogens with zero attached hydrogens (tertiary/aromatic N) is 4. The molecule has 27 heavy (non-hydrogen) atoms. The summed E-state index contributed by atoms with van der Waals surface area (Å²) < 4.78 is 12.7. The molecule has 0 radical (unpaired) electrons. The van der Waals surface area contributed by atoms with Gasteiger partial charge in [0, 0.05) is 17.1 Å². The Hall–Kier alpha value is -3.17. The lowest BCUT2D eigenvalue weighted by Crippen LogP contribution is -2.30. The van der Waals surface area contributed by atoms with Gasteiger partial charge in [-0.25, -0.2) is 0 Å². The Kier molecular flexibility index (Phi) is 3.69. The van der Waals surface area contributed by atoms with E-state index in [0.29, 0.717) is 24.1 Å². The van der Waals surface area contributed by atoms with Crippen molar-refractivity contribution in [3.63, 3.8) is 0 Å². The van der Waals surface area contributed by atoms with Crippen molar-refractivity contribution in [2.24, 2.45) is 0 Å². The smallest absolute Gasteiger partial charge is 0.247 e. The van der Waals surface area contributed by atoms with Crippen LogP contribution in [0.25, 0.3) is 16.6 Å². The van der Waals surface area contributed by atoms with E-state index in [1.807, 2.05) is 37.3 Å². The van der Waals surface area contributed by atoms with E-state index in [-0.39, 0.29) is 6.61 Å². The van der Waals surface area contributed by atoms with E-state index in [1.54, 1.807) is 10.6 Å². The first-order valence-electron chi connectivity index (χ1n) is 8.67. The zero-order valence-corrected chi connectivity index (χ0v) is 14.6. The lowest BCUT2D eigenvalue weighted by Gasteiger charge is -2.15.